The standard InChI is InChI=1S/C30H36N8O2/c1-35-14-5-8-22(35)18-32-29-33-26-20-36(27-10-4-7-21-6-2-3-9-24(21)27)15-12-25(26)28(34-29)37-16-17-38(30(39)40)23(19-37)11-13-31/h2-4,6-7,9-10,22-23H,5,8,11-12,14-20H2,1H3,(H,39,40)(H,32,33,34)/t22-,23-/m0/s1. The highest BCUT2D eigenvalue weighted by atomic mass is 16.4. The van der Waals surface area contributed by atoms with Crippen LogP contribution in [-0.4, -0.2) is 89.4 Å². The number of aromatic nitrogens is 2. The summed E-state index contributed by atoms with van der Waals surface area (Å²) in [5.74, 6) is 1.49. The zero-order valence-corrected chi connectivity index (χ0v) is 23.0. The normalized spacial score (nSPS) is 21.4. The molecule has 2 N–H and O–H groups in total. The molecule has 2 fully saturated rings. The molecule has 6 rings (SSSR count). The Balaban J connectivity index is 1.33. The first-order valence-electron chi connectivity index (χ1n) is 14.2. The lowest BCUT2D eigenvalue weighted by atomic mass is 10.0. The van der Waals surface area contributed by atoms with Crippen LogP contribution in [0.3, 0.4) is 0 Å². The van der Waals surface area contributed by atoms with E-state index >= 15 is 0 Å². The van der Waals surface area contributed by atoms with Gasteiger partial charge in [0.2, 0.25) is 5.95 Å². The maximum atomic E-state index is 11.8. The first kappa shape index (κ1) is 26.1. The molecule has 2 aromatic carbocycles. The van der Waals surface area contributed by atoms with Gasteiger partial charge in [-0.15, -0.1) is 0 Å². The van der Waals surface area contributed by atoms with Crippen LogP contribution in [0.1, 0.15) is 30.5 Å². The number of hydrogen-bond donors (Lipinski definition) is 2. The second-order valence-electron chi connectivity index (χ2n) is 11.1. The number of benzene rings is 2. The van der Waals surface area contributed by atoms with Gasteiger partial charge in [0.25, 0.3) is 0 Å². The third kappa shape index (κ3) is 5.09. The van der Waals surface area contributed by atoms with E-state index in [9.17, 15) is 15.2 Å². The van der Waals surface area contributed by atoms with Crippen LogP contribution < -0.4 is 15.1 Å². The quantitative estimate of drug-likeness (QED) is 0.482. The number of anilines is 3. The summed E-state index contributed by atoms with van der Waals surface area (Å²) in [7, 11) is 2.16. The van der Waals surface area contributed by atoms with E-state index in [-0.39, 0.29) is 12.5 Å². The van der Waals surface area contributed by atoms with E-state index in [0.717, 1.165) is 49.6 Å². The van der Waals surface area contributed by atoms with Gasteiger partial charge >= 0.3 is 6.09 Å². The molecule has 1 aromatic heterocycles. The first-order chi connectivity index (χ1) is 19.5. The highest BCUT2D eigenvalue weighted by Crippen LogP contribution is 2.34. The molecule has 3 aromatic rings. The fourth-order valence-corrected chi connectivity index (χ4v) is 6.47. The zero-order valence-electron chi connectivity index (χ0n) is 23.0. The van der Waals surface area contributed by atoms with Gasteiger partial charge in [-0.25, -0.2) is 9.78 Å². The largest absolute Gasteiger partial charge is 0.465 e. The maximum absolute atomic E-state index is 11.8. The smallest absolute Gasteiger partial charge is 0.407 e. The molecule has 1 amide bonds. The van der Waals surface area contributed by atoms with Crippen molar-refractivity contribution < 1.29 is 9.90 Å². The van der Waals surface area contributed by atoms with E-state index in [2.05, 4.69) is 75.6 Å². The van der Waals surface area contributed by atoms with Crippen molar-refractivity contribution in [3.8, 4) is 6.07 Å². The number of likely N-dealkylation sites (N-methyl/N-ethyl adjacent to an activating group) is 1. The number of carboxylic acid groups (broad SMARTS) is 1. The van der Waals surface area contributed by atoms with Crippen molar-refractivity contribution in [3.63, 3.8) is 0 Å². The molecule has 40 heavy (non-hydrogen) atoms. The van der Waals surface area contributed by atoms with Gasteiger partial charge in [0.15, 0.2) is 0 Å². The van der Waals surface area contributed by atoms with Crippen molar-refractivity contribution in [3.05, 3.63) is 53.7 Å². The van der Waals surface area contributed by atoms with Gasteiger partial charge in [-0.1, -0.05) is 36.4 Å². The van der Waals surface area contributed by atoms with Gasteiger partial charge < -0.3 is 30.0 Å². The summed E-state index contributed by atoms with van der Waals surface area (Å²) in [5, 5.41) is 25.1. The number of amides is 1. The van der Waals surface area contributed by atoms with Crippen LogP contribution in [0.2, 0.25) is 0 Å². The molecule has 208 valence electrons. The number of carbonyl (C=O) groups is 1. The molecule has 4 heterocycles. The number of nitriles is 1. The predicted molar refractivity (Wildman–Crippen MR) is 156 cm³/mol. The Kier molecular flexibility index (Phi) is 7.30. The second kappa shape index (κ2) is 11.2. The minimum atomic E-state index is -0.974. The Morgan fingerprint density at radius 1 is 1.07 bits per heavy atom. The lowest BCUT2D eigenvalue weighted by molar-refractivity contribution is 0.119. The summed E-state index contributed by atoms with van der Waals surface area (Å²) in [6.07, 6.45) is 2.33. The second-order valence-corrected chi connectivity index (χ2v) is 11.1. The van der Waals surface area contributed by atoms with Gasteiger partial charge in [0, 0.05) is 55.4 Å². The Morgan fingerprint density at radius 2 is 1.93 bits per heavy atom. The SMILES string of the molecule is CN1CCC[C@H]1CNc1nc2c(c(N3CCN(C(=O)O)[C@@H](CC#N)C3)n1)CCN(c1cccc3ccccc13)C2. The Morgan fingerprint density at radius 3 is 2.73 bits per heavy atom. The third-order valence-corrected chi connectivity index (χ3v) is 8.67. The van der Waals surface area contributed by atoms with Crippen LogP contribution in [0.4, 0.5) is 22.2 Å². The summed E-state index contributed by atoms with van der Waals surface area (Å²) >= 11 is 0. The van der Waals surface area contributed by atoms with Gasteiger partial charge in [-0.2, -0.15) is 10.2 Å². The summed E-state index contributed by atoms with van der Waals surface area (Å²) in [6, 6.07) is 17.2. The third-order valence-electron chi connectivity index (χ3n) is 8.67. The molecule has 3 aliphatic heterocycles. The summed E-state index contributed by atoms with van der Waals surface area (Å²) in [4.78, 5) is 30.2. The van der Waals surface area contributed by atoms with Gasteiger partial charge in [0.05, 0.1) is 30.8 Å². The topological polar surface area (TPSA) is 112 Å². The molecule has 10 nitrogen and oxygen atoms in total. The first-order valence-corrected chi connectivity index (χ1v) is 14.2. The molecule has 10 heteroatoms. The van der Waals surface area contributed by atoms with Crippen LogP contribution in [0.5, 0.6) is 0 Å². The van der Waals surface area contributed by atoms with Gasteiger partial charge in [0.1, 0.15) is 5.82 Å². The van der Waals surface area contributed by atoms with Crippen LogP contribution in [0.15, 0.2) is 42.5 Å². The molecule has 0 aliphatic carbocycles. The van der Waals surface area contributed by atoms with Crippen LogP contribution in [0.25, 0.3) is 10.8 Å². The van der Waals surface area contributed by atoms with Gasteiger partial charge in [-0.05, 0) is 44.3 Å². The van der Waals surface area contributed by atoms with E-state index in [4.69, 9.17) is 9.97 Å². The molecule has 2 atom stereocenters. The average Bonchev–Trinajstić information content (AvgIpc) is 3.39. The Labute approximate surface area is 234 Å². The van der Waals surface area contributed by atoms with E-state index in [1.807, 2.05) is 0 Å². The molecule has 0 saturated carbocycles. The fourth-order valence-electron chi connectivity index (χ4n) is 6.47. The minimum absolute atomic E-state index is 0.157. The van der Waals surface area contributed by atoms with Crippen LogP contribution in [0, 0.1) is 11.3 Å². The Bertz CT molecular complexity index is 1430. The highest BCUT2D eigenvalue weighted by molar-refractivity contribution is 5.94. The molecule has 0 bridgehead atoms. The molecular weight excluding hydrogens is 504 g/mol. The van der Waals surface area contributed by atoms with Crippen molar-refractivity contribution in [2.24, 2.45) is 0 Å². The number of likely N-dealkylation sites (tertiary alicyclic amines) is 1. The van der Waals surface area contributed by atoms with E-state index in [0.29, 0.717) is 38.2 Å². The molecule has 2 saturated heterocycles. The van der Waals surface area contributed by atoms with E-state index in [1.54, 1.807) is 0 Å². The minimum Gasteiger partial charge on any atom is -0.465 e. The van der Waals surface area contributed by atoms with Crippen molar-refractivity contribution in [1.82, 2.24) is 19.8 Å². The van der Waals surface area contributed by atoms with Crippen molar-refractivity contribution >= 4 is 34.3 Å². The molecule has 0 radical (unpaired) electrons. The monoisotopic (exact) mass is 540 g/mol. The molecular formula is C30H36N8O2. The number of hydrogen-bond acceptors (Lipinski definition) is 8. The molecule has 0 spiro atoms. The van der Waals surface area contributed by atoms with Crippen LogP contribution in [-0.2, 0) is 13.0 Å². The lowest BCUT2D eigenvalue weighted by Gasteiger charge is -2.41. The van der Waals surface area contributed by atoms with E-state index in [1.165, 1.54) is 27.8 Å². The van der Waals surface area contributed by atoms with E-state index < -0.39 is 6.09 Å². The number of rotatable bonds is 6. The summed E-state index contributed by atoms with van der Waals surface area (Å²) < 4.78 is 0. The summed E-state index contributed by atoms with van der Waals surface area (Å²) in [5.41, 5.74) is 3.33. The maximum Gasteiger partial charge on any atom is 0.407 e. The Hall–Kier alpha value is -4.10. The molecule has 3 aliphatic rings. The number of nitrogens with zero attached hydrogens (tertiary/aromatic N) is 7. The van der Waals surface area contributed by atoms with Crippen LogP contribution >= 0.6 is 0 Å². The van der Waals surface area contributed by atoms with Crippen molar-refractivity contribution in [2.45, 2.75) is 44.3 Å². The lowest BCUT2D eigenvalue weighted by Crippen LogP contribution is -2.55. The molecule has 0 unspecified atom stereocenters. The highest BCUT2D eigenvalue weighted by Gasteiger charge is 2.34. The number of nitrogens with one attached hydrogen (secondary N) is 1. The zero-order chi connectivity index (χ0) is 27.6. The fraction of sp³-hybridized carbons (Fsp3) is 0.467. The predicted octanol–water partition coefficient (Wildman–Crippen LogP) is 3.78. The summed E-state index contributed by atoms with van der Waals surface area (Å²) in [6.45, 7) is 4.73. The van der Waals surface area contributed by atoms with Crippen molar-refractivity contribution in [1.29, 1.82) is 5.26 Å². The number of fused-ring (bicyclic) bond motifs is 2. The average molecular weight is 541 g/mol. The number of piperazine rings is 1. The van der Waals surface area contributed by atoms with Gasteiger partial charge in [-0.3, -0.25) is 0 Å². The van der Waals surface area contributed by atoms with Crippen molar-refractivity contribution in [2.75, 3.05) is 61.4 Å².